The Balaban J connectivity index is 1.52. The van der Waals surface area contributed by atoms with Crippen LogP contribution >= 0.6 is 11.3 Å². The van der Waals surface area contributed by atoms with Gasteiger partial charge in [0.1, 0.15) is 5.75 Å². The molecule has 1 fully saturated rings. The zero-order valence-electron chi connectivity index (χ0n) is 16.7. The molecule has 0 saturated carbocycles. The van der Waals surface area contributed by atoms with Gasteiger partial charge in [-0.15, -0.1) is 11.3 Å². The van der Waals surface area contributed by atoms with Crippen molar-refractivity contribution in [2.45, 2.75) is 33.6 Å². The molecule has 1 saturated heterocycles. The molecule has 2 atom stereocenters. The number of rotatable bonds is 5. The van der Waals surface area contributed by atoms with Gasteiger partial charge < -0.3 is 9.64 Å². The van der Waals surface area contributed by atoms with E-state index in [0.717, 1.165) is 40.8 Å². The Hall–Kier alpha value is -2.34. The summed E-state index contributed by atoms with van der Waals surface area (Å²) in [7, 11) is 0. The summed E-state index contributed by atoms with van der Waals surface area (Å²) >= 11 is 1.59. The first-order valence-electron chi connectivity index (χ1n) is 10.00. The fourth-order valence-electron chi connectivity index (χ4n) is 4.12. The first kappa shape index (κ1) is 19.0. The molecule has 0 radical (unpaired) electrons. The van der Waals surface area contributed by atoms with Gasteiger partial charge in [-0.05, 0) is 49.4 Å². The van der Waals surface area contributed by atoms with Crippen molar-refractivity contribution in [1.82, 2.24) is 14.3 Å². The molecule has 0 N–H and O–H groups in total. The molecule has 6 heteroatoms. The van der Waals surface area contributed by atoms with Gasteiger partial charge in [0.05, 0.1) is 18.7 Å². The molecule has 148 valence electrons. The van der Waals surface area contributed by atoms with Gasteiger partial charge in [0.25, 0.3) is 0 Å². The summed E-state index contributed by atoms with van der Waals surface area (Å²) in [6, 6.07) is 7.99. The Kier molecular flexibility index (Phi) is 5.40. The monoisotopic (exact) mass is 397 g/mol. The third-order valence-corrected chi connectivity index (χ3v) is 6.19. The molecular weight excluding hydrogens is 370 g/mol. The van der Waals surface area contributed by atoms with E-state index >= 15 is 0 Å². The molecule has 5 nitrogen and oxygen atoms in total. The van der Waals surface area contributed by atoms with Crippen LogP contribution in [0.4, 0.5) is 0 Å². The van der Waals surface area contributed by atoms with Gasteiger partial charge in [0.2, 0.25) is 5.91 Å². The van der Waals surface area contributed by atoms with Crippen LogP contribution in [0.15, 0.2) is 35.8 Å². The number of carbonyl (C=O) groups excluding carboxylic acids is 1. The highest BCUT2D eigenvalue weighted by Crippen LogP contribution is 2.27. The van der Waals surface area contributed by atoms with Gasteiger partial charge in [-0.25, -0.2) is 4.98 Å². The summed E-state index contributed by atoms with van der Waals surface area (Å²) in [5.74, 6) is 2.24. The van der Waals surface area contributed by atoms with Gasteiger partial charge in [0.15, 0.2) is 4.96 Å². The van der Waals surface area contributed by atoms with E-state index in [4.69, 9.17) is 9.72 Å². The molecule has 1 aromatic carbocycles. The van der Waals surface area contributed by atoms with Crippen molar-refractivity contribution in [1.29, 1.82) is 0 Å². The van der Waals surface area contributed by atoms with E-state index in [1.165, 1.54) is 6.42 Å². The van der Waals surface area contributed by atoms with Crippen molar-refractivity contribution < 1.29 is 9.53 Å². The molecule has 28 heavy (non-hydrogen) atoms. The largest absolute Gasteiger partial charge is 0.494 e. The lowest BCUT2D eigenvalue weighted by Gasteiger charge is -2.35. The predicted molar refractivity (Wildman–Crippen MR) is 113 cm³/mol. The average molecular weight is 398 g/mol. The molecule has 4 rings (SSSR count). The molecule has 3 aromatic rings. The molecule has 1 amide bonds. The quantitative estimate of drug-likeness (QED) is 0.636. The SMILES string of the molecule is CCOc1ccc(-c2cn3c(CC(=O)N4CC(C)CC(C)C4)csc3n2)cc1. The topological polar surface area (TPSA) is 46.8 Å². The number of amides is 1. The molecular formula is C22H27N3O2S. The van der Waals surface area contributed by atoms with Gasteiger partial charge in [0, 0.05) is 35.9 Å². The van der Waals surface area contributed by atoms with E-state index in [2.05, 4.69) is 23.6 Å². The number of imidazole rings is 1. The van der Waals surface area contributed by atoms with Crippen LogP contribution in [0, 0.1) is 11.8 Å². The minimum absolute atomic E-state index is 0.217. The van der Waals surface area contributed by atoms with E-state index in [1.807, 2.05) is 42.3 Å². The number of thiazole rings is 1. The number of carbonyl (C=O) groups is 1. The predicted octanol–water partition coefficient (Wildman–Crippen LogP) is 4.51. The second-order valence-corrected chi connectivity index (χ2v) is 8.72. The third kappa shape index (κ3) is 3.92. The van der Waals surface area contributed by atoms with Gasteiger partial charge in [-0.1, -0.05) is 13.8 Å². The highest BCUT2D eigenvalue weighted by molar-refractivity contribution is 7.15. The Morgan fingerprint density at radius 2 is 1.93 bits per heavy atom. The van der Waals surface area contributed by atoms with Crippen LogP contribution in [0.1, 0.15) is 32.9 Å². The van der Waals surface area contributed by atoms with Crippen LogP contribution < -0.4 is 4.74 Å². The van der Waals surface area contributed by atoms with Crippen molar-refractivity contribution >= 4 is 22.2 Å². The lowest BCUT2D eigenvalue weighted by molar-refractivity contribution is -0.133. The maximum Gasteiger partial charge on any atom is 0.228 e. The average Bonchev–Trinajstić information content (AvgIpc) is 3.24. The summed E-state index contributed by atoms with van der Waals surface area (Å²) in [5, 5.41) is 2.05. The number of nitrogens with zero attached hydrogens (tertiary/aromatic N) is 3. The van der Waals surface area contributed by atoms with Gasteiger partial charge in [-0.3, -0.25) is 9.20 Å². The molecule has 2 unspecified atom stereocenters. The molecule has 3 heterocycles. The highest BCUT2D eigenvalue weighted by atomic mass is 32.1. The van der Waals surface area contributed by atoms with Crippen LogP contribution in [0.3, 0.4) is 0 Å². The number of ether oxygens (including phenoxy) is 1. The molecule has 0 aliphatic carbocycles. The van der Waals surface area contributed by atoms with Crippen molar-refractivity contribution in [3.8, 4) is 17.0 Å². The number of piperidine rings is 1. The summed E-state index contributed by atoms with van der Waals surface area (Å²) in [4.78, 5) is 20.6. The Labute approximate surface area is 170 Å². The summed E-state index contributed by atoms with van der Waals surface area (Å²) in [6.07, 6.45) is 3.67. The first-order chi connectivity index (χ1) is 13.5. The van der Waals surface area contributed by atoms with Gasteiger partial charge >= 0.3 is 0 Å². The maximum atomic E-state index is 12.9. The van der Waals surface area contributed by atoms with Crippen LogP contribution in [-0.2, 0) is 11.2 Å². The number of hydrogen-bond acceptors (Lipinski definition) is 4. The zero-order valence-corrected chi connectivity index (χ0v) is 17.5. The molecule has 0 spiro atoms. The number of benzene rings is 1. The highest BCUT2D eigenvalue weighted by Gasteiger charge is 2.26. The lowest BCUT2D eigenvalue weighted by Crippen LogP contribution is -2.43. The molecule has 2 aromatic heterocycles. The van der Waals surface area contributed by atoms with E-state index in [9.17, 15) is 4.79 Å². The number of likely N-dealkylation sites (tertiary alicyclic amines) is 1. The maximum absolute atomic E-state index is 12.9. The number of fused-ring (bicyclic) bond motifs is 1. The third-order valence-electron chi connectivity index (χ3n) is 5.30. The molecule has 1 aliphatic heterocycles. The minimum Gasteiger partial charge on any atom is -0.494 e. The van der Waals surface area contributed by atoms with Crippen molar-refractivity contribution in [2.75, 3.05) is 19.7 Å². The van der Waals surface area contributed by atoms with Crippen LogP contribution in [-0.4, -0.2) is 39.9 Å². The Morgan fingerprint density at radius 3 is 2.61 bits per heavy atom. The standard InChI is InChI=1S/C22H27N3O2S/c1-4-27-19-7-5-17(6-8-19)20-13-25-18(14-28-22(25)23-20)10-21(26)24-11-15(2)9-16(3)12-24/h5-8,13-16H,4,9-12H2,1-3H3. The minimum atomic E-state index is 0.217. The van der Waals surface area contributed by atoms with E-state index in [-0.39, 0.29) is 5.91 Å². The van der Waals surface area contributed by atoms with E-state index in [0.29, 0.717) is 24.9 Å². The van der Waals surface area contributed by atoms with Crippen LogP contribution in [0.25, 0.3) is 16.2 Å². The normalized spacial score (nSPS) is 19.9. The smallest absolute Gasteiger partial charge is 0.228 e. The lowest BCUT2D eigenvalue weighted by atomic mass is 9.91. The van der Waals surface area contributed by atoms with Crippen molar-refractivity contribution in [3.05, 3.63) is 41.5 Å². The molecule has 0 bridgehead atoms. The van der Waals surface area contributed by atoms with E-state index in [1.54, 1.807) is 11.3 Å². The number of aromatic nitrogens is 2. The summed E-state index contributed by atoms with van der Waals surface area (Å²) in [6.45, 7) is 8.85. The fraction of sp³-hybridized carbons (Fsp3) is 0.455. The second-order valence-electron chi connectivity index (χ2n) is 7.88. The number of hydrogen-bond donors (Lipinski definition) is 0. The van der Waals surface area contributed by atoms with Gasteiger partial charge in [-0.2, -0.15) is 0 Å². The first-order valence-corrected chi connectivity index (χ1v) is 10.9. The fourth-order valence-corrected chi connectivity index (χ4v) is 4.99. The molecule has 1 aliphatic rings. The summed E-state index contributed by atoms with van der Waals surface area (Å²) < 4.78 is 7.57. The van der Waals surface area contributed by atoms with Crippen LogP contribution in [0.2, 0.25) is 0 Å². The second kappa shape index (κ2) is 7.95. The Bertz CT molecular complexity index is 950. The van der Waals surface area contributed by atoms with Crippen molar-refractivity contribution in [2.24, 2.45) is 11.8 Å². The van der Waals surface area contributed by atoms with Crippen LogP contribution in [0.5, 0.6) is 5.75 Å². The Morgan fingerprint density at radius 1 is 1.21 bits per heavy atom. The van der Waals surface area contributed by atoms with E-state index < -0.39 is 0 Å². The summed E-state index contributed by atoms with van der Waals surface area (Å²) in [5.41, 5.74) is 2.99. The van der Waals surface area contributed by atoms with Crippen molar-refractivity contribution in [3.63, 3.8) is 0 Å². The zero-order chi connectivity index (χ0) is 19.7.